The highest BCUT2D eigenvalue weighted by atomic mass is 35.5. The summed E-state index contributed by atoms with van der Waals surface area (Å²) in [6.45, 7) is 4.60. The van der Waals surface area contributed by atoms with Crippen LogP contribution in [0.15, 0.2) is 11.6 Å². The van der Waals surface area contributed by atoms with Crippen molar-refractivity contribution in [2.75, 3.05) is 0 Å². The maximum absolute atomic E-state index is 10.2. The van der Waals surface area contributed by atoms with Crippen molar-refractivity contribution in [2.45, 2.75) is 32.9 Å². The summed E-state index contributed by atoms with van der Waals surface area (Å²) in [6, 6.07) is 0. The fourth-order valence-corrected chi connectivity index (χ4v) is 2.79. The zero-order valence-electron chi connectivity index (χ0n) is 9.72. The Balaban J connectivity index is 2.19. The van der Waals surface area contributed by atoms with E-state index >= 15 is 0 Å². The van der Waals surface area contributed by atoms with Crippen molar-refractivity contribution in [1.29, 1.82) is 0 Å². The molecule has 0 radical (unpaired) electrons. The van der Waals surface area contributed by atoms with Gasteiger partial charge in [0.05, 0.1) is 21.9 Å². The Morgan fingerprint density at radius 3 is 2.94 bits per heavy atom. The van der Waals surface area contributed by atoms with E-state index in [1.165, 1.54) is 0 Å². The number of aliphatic hydroxyl groups excluding tert-OH is 1. The molecule has 1 atom stereocenters. The number of rotatable bonds is 4. The van der Waals surface area contributed by atoms with Gasteiger partial charge in [-0.25, -0.2) is 4.98 Å². The molecule has 2 aromatic heterocycles. The molecule has 0 aromatic carbocycles. The van der Waals surface area contributed by atoms with Crippen LogP contribution in [0.2, 0.25) is 5.02 Å². The SMILES string of the molecule is CCn1ncc(Cl)c1C(O)Cc1nc(C)cs1. The van der Waals surface area contributed by atoms with E-state index in [0.717, 1.165) is 10.7 Å². The van der Waals surface area contributed by atoms with E-state index in [4.69, 9.17) is 11.6 Å². The minimum Gasteiger partial charge on any atom is -0.386 e. The Morgan fingerprint density at radius 1 is 1.59 bits per heavy atom. The second kappa shape index (κ2) is 5.16. The van der Waals surface area contributed by atoms with Crippen LogP contribution in [0.5, 0.6) is 0 Å². The van der Waals surface area contributed by atoms with Crippen LogP contribution in [0.3, 0.4) is 0 Å². The van der Waals surface area contributed by atoms with Crippen molar-refractivity contribution < 1.29 is 5.11 Å². The van der Waals surface area contributed by atoms with Crippen LogP contribution in [0.25, 0.3) is 0 Å². The average molecular weight is 272 g/mol. The van der Waals surface area contributed by atoms with E-state index in [1.54, 1.807) is 22.2 Å². The van der Waals surface area contributed by atoms with Crippen molar-refractivity contribution in [1.82, 2.24) is 14.8 Å². The maximum atomic E-state index is 10.2. The van der Waals surface area contributed by atoms with E-state index in [1.807, 2.05) is 19.2 Å². The first-order valence-electron chi connectivity index (χ1n) is 5.42. The Kier molecular flexibility index (Phi) is 3.81. The number of aryl methyl sites for hydroxylation is 2. The lowest BCUT2D eigenvalue weighted by molar-refractivity contribution is 0.167. The van der Waals surface area contributed by atoms with Crippen molar-refractivity contribution in [3.05, 3.63) is 33.0 Å². The Hall–Kier alpha value is -0.910. The second-order valence-electron chi connectivity index (χ2n) is 3.80. The highest BCUT2D eigenvalue weighted by Gasteiger charge is 2.19. The van der Waals surface area contributed by atoms with Gasteiger partial charge in [0.25, 0.3) is 0 Å². The first-order chi connectivity index (χ1) is 8.11. The molecule has 0 saturated carbocycles. The van der Waals surface area contributed by atoms with Gasteiger partial charge in [0.15, 0.2) is 0 Å². The average Bonchev–Trinajstić information content (AvgIpc) is 2.84. The minimum atomic E-state index is -0.657. The number of thiazole rings is 1. The molecule has 1 unspecified atom stereocenters. The van der Waals surface area contributed by atoms with Crippen LogP contribution in [0.1, 0.15) is 29.4 Å². The standard InChI is InChI=1S/C11H14ClN3OS/c1-3-15-11(8(12)5-13-15)9(16)4-10-14-7(2)6-17-10/h5-6,9,16H,3-4H2,1-2H3. The Labute approximate surface area is 109 Å². The van der Waals surface area contributed by atoms with E-state index in [9.17, 15) is 5.11 Å². The largest absolute Gasteiger partial charge is 0.386 e. The minimum absolute atomic E-state index is 0.476. The predicted octanol–water partition coefficient (Wildman–Crippen LogP) is 2.60. The molecule has 0 saturated heterocycles. The summed E-state index contributed by atoms with van der Waals surface area (Å²) in [5, 5.41) is 17.7. The normalized spacial score (nSPS) is 12.9. The molecule has 6 heteroatoms. The van der Waals surface area contributed by atoms with Crippen LogP contribution in [-0.4, -0.2) is 19.9 Å². The Morgan fingerprint density at radius 2 is 2.35 bits per heavy atom. The molecule has 2 aromatic rings. The van der Waals surface area contributed by atoms with Crippen LogP contribution in [0.4, 0.5) is 0 Å². The fraction of sp³-hybridized carbons (Fsp3) is 0.455. The van der Waals surface area contributed by atoms with E-state index in [2.05, 4.69) is 10.1 Å². The molecule has 2 rings (SSSR count). The molecule has 4 nitrogen and oxygen atoms in total. The highest BCUT2D eigenvalue weighted by molar-refractivity contribution is 7.09. The summed E-state index contributed by atoms with van der Waals surface area (Å²) in [5.74, 6) is 0. The predicted molar refractivity (Wildman–Crippen MR) is 68.4 cm³/mol. The molecule has 0 amide bonds. The maximum Gasteiger partial charge on any atom is 0.103 e. The summed E-state index contributed by atoms with van der Waals surface area (Å²) >= 11 is 7.58. The lowest BCUT2D eigenvalue weighted by Crippen LogP contribution is -2.10. The number of halogens is 1. The number of hydrogen-bond acceptors (Lipinski definition) is 4. The van der Waals surface area contributed by atoms with Gasteiger partial charge in [-0.1, -0.05) is 11.6 Å². The van der Waals surface area contributed by atoms with Crippen molar-refractivity contribution in [3.63, 3.8) is 0 Å². The van der Waals surface area contributed by atoms with Crippen molar-refractivity contribution in [3.8, 4) is 0 Å². The summed E-state index contributed by atoms with van der Waals surface area (Å²) in [4.78, 5) is 4.33. The summed E-state index contributed by atoms with van der Waals surface area (Å²) in [6.07, 6.45) is 1.39. The lowest BCUT2D eigenvalue weighted by atomic mass is 10.2. The topological polar surface area (TPSA) is 50.9 Å². The van der Waals surface area contributed by atoms with Gasteiger partial charge in [0.2, 0.25) is 0 Å². The van der Waals surface area contributed by atoms with Crippen LogP contribution >= 0.6 is 22.9 Å². The molecule has 0 aliphatic rings. The number of aromatic nitrogens is 3. The third-order valence-corrected chi connectivity index (χ3v) is 3.76. The van der Waals surface area contributed by atoms with E-state index in [-0.39, 0.29) is 0 Å². The van der Waals surface area contributed by atoms with Gasteiger partial charge >= 0.3 is 0 Å². The van der Waals surface area contributed by atoms with Gasteiger partial charge in [-0.2, -0.15) is 5.10 Å². The quantitative estimate of drug-likeness (QED) is 0.930. The van der Waals surface area contributed by atoms with Gasteiger partial charge in [0.1, 0.15) is 6.10 Å². The molecule has 0 bridgehead atoms. The third-order valence-electron chi connectivity index (χ3n) is 2.48. The van der Waals surface area contributed by atoms with Crippen LogP contribution in [-0.2, 0) is 13.0 Å². The molecule has 0 spiro atoms. The zero-order chi connectivity index (χ0) is 12.4. The zero-order valence-corrected chi connectivity index (χ0v) is 11.3. The van der Waals surface area contributed by atoms with Gasteiger partial charge in [-0.05, 0) is 13.8 Å². The summed E-state index contributed by atoms with van der Waals surface area (Å²) in [7, 11) is 0. The van der Waals surface area contributed by atoms with E-state index in [0.29, 0.717) is 23.7 Å². The molecule has 1 N–H and O–H groups in total. The number of hydrogen-bond donors (Lipinski definition) is 1. The molecule has 92 valence electrons. The van der Waals surface area contributed by atoms with Crippen LogP contribution in [0, 0.1) is 6.92 Å². The number of nitrogens with zero attached hydrogens (tertiary/aromatic N) is 3. The first-order valence-corrected chi connectivity index (χ1v) is 6.67. The van der Waals surface area contributed by atoms with Crippen molar-refractivity contribution >= 4 is 22.9 Å². The summed E-state index contributed by atoms with van der Waals surface area (Å²) < 4.78 is 1.72. The van der Waals surface area contributed by atoms with Gasteiger partial charge in [0, 0.05) is 24.0 Å². The molecule has 0 aliphatic carbocycles. The summed E-state index contributed by atoms with van der Waals surface area (Å²) in [5.41, 5.74) is 1.65. The van der Waals surface area contributed by atoms with Gasteiger partial charge in [-0.15, -0.1) is 11.3 Å². The second-order valence-corrected chi connectivity index (χ2v) is 5.15. The highest BCUT2D eigenvalue weighted by Crippen LogP contribution is 2.26. The third kappa shape index (κ3) is 2.68. The molecular formula is C11H14ClN3OS. The van der Waals surface area contributed by atoms with Gasteiger partial charge in [-0.3, -0.25) is 4.68 Å². The smallest absolute Gasteiger partial charge is 0.103 e. The van der Waals surface area contributed by atoms with Crippen molar-refractivity contribution in [2.24, 2.45) is 0 Å². The lowest BCUT2D eigenvalue weighted by Gasteiger charge is -2.11. The molecule has 0 aliphatic heterocycles. The van der Waals surface area contributed by atoms with Crippen LogP contribution < -0.4 is 0 Å². The molecular weight excluding hydrogens is 258 g/mol. The van der Waals surface area contributed by atoms with E-state index < -0.39 is 6.10 Å². The number of aliphatic hydroxyl groups is 1. The van der Waals surface area contributed by atoms with Gasteiger partial charge < -0.3 is 5.11 Å². The Bertz CT molecular complexity index is 509. The first kappa shape index (κ1) is 12.5. The molecule has 0 fully saturated rings. The molecule has 17 heavy (non-hydrogen) atoms. The monoisotopic (exact) mass is 271 g/mol. The fourth-order valence-electron chi connectivity index (χ4n) is 1.71. The molecule has 2 heterocycles.